The highest BCUT2D eigenvalue weighted by atomic mass is 32.2. The van der Waals surface area contributed by atoms with Crippen LogP contribution in [0.3, 0.4) is 0 Å². The quantitative estimate of drug-likeness (QED) is 0.369. The highest BCUT2D eigenvalue weighted by molar-refractivity contribution is 7.98. The monoisotopic (exact) mass is 251 g/mol. The van der Waals surface area contributed by atoms with Crippen molar-refractivity contribution in [3.63, 3.8) is 0 Å². The molecule has 88 valence electrons. The number of hydrogen-bond donors (Lipinski definition) is 2. The zero-order chi connectivity index (χ0) is 12.3. The largest absolute Gasteiger partial charge is 0.398 e. The number of hydrogen-bond acceptors (Lipinski definition) is 6. The number of rotatable bonds is 4. The van der Waals surface area contributed by atoms with Crippen molar-refractivity contribution in [2.75, 3.05) is 5.73 Å². The Balaban J connectivity index is 2.14. The normalized spacial score (nSPS) is 10.4. The van der Waals surface area contributed by atoms with E-state index < -0.39 is 4.92 Å². The molecule has 8 heteroatoms. The molecular weight excluding hydrogens is 242 g/mol. The maximum Gasteiger partial charge on any atom is 0.269 e. The third-order valence-electron chi connectivity index (χ3n) is 2.09. The number of nitrogen functional groups attached to an aromatic ring is 1. The van der Waals surface area contributed by atoms with E-state index in [1.54, 1.807) is 0 Å². The summed E-state index contributed by atoms with van der Waals surface area (Å²) in [5, 5.41) is 17.7. The van der Waals surface area contributed by atoms with Crippen molar-refractivity contribution in [2.24, 2.45) is 0 Å². The van der Waals surface area contributed by atoms with Crippen LogP contribution in [-0.2, 0) is 5.75 Å². The minimum Gasteiger partial charge on any atom is -0.398 e. The molecule has 0 aliphatic rings. The van der Waals surface area contributed by atoms with Gasteiger partial charge in [0, 0.05) is 23.6 Å². The summed E-state index contributed by atoms with van der Waals surface area (Å²) in [5.74, 6) is 0.503. The van der Waals surface area contributed by atoms with Gasteiger partial charge in [-0.3, -0.25) is 15.2 Å². The van der Waals surface area contributed by atoms with Crippen LogP contribution in [0.25, 0.3) is 0 Å². The third kappa shape index (κ3) is 2.72. The molecule has 0 amide bonds. The van der Waals surface area contributed by atoms with Crippen molar-refractivity contribution >= 4 is 23.1 Å². The van der Waals surface area contributed by atoms with Gasteiger partial charge in [-0.1, -0.05) is 11.8 Å². The van der Waals surface area contributed by atoms with Gasteiger partial charge in [0.1, 0.15) is 6.33 Å². The lowest BCUT2D eigenvalue weighted by Gasteiger charge is -2.03. The summed E-state index contributed by atoms with van der Waals surface area (Å²) in [5.41, 5.74) is 7.02. The molecule has 1 aromatic carbocycles. The molecule has 0 radical (unpaired) electrons. The molecule has 2 aromatic rings. The predicted molar refractivity (Wildman–Crippen MR) is 63.5 cm³/mol. The second kappa shape index (κ2) is 4.83. The first kappa shape index (κ1) is 11.4. The molecule has 0 saturated carbocycles. The Morgan fingerprint density at radius 1 is 1.53 bits per heavy atom. The Bertz CT molecular complexity index is 528. The van der Waals surface area contributed by atoms with Gasteiger partial charge in [-0.15, -0.1) is 0 Å². The zero-order valence-electron chi connectivity index (χ0n) is 8.66. The fraction of sp³-hybridized carbons (Fsp3) is 0.111. The van der Waals surface area contributed by atoms with Gasteiger partial charge >= 0.3 is 0 Å². The van der Waals surface area contributed by atoms with E-state index in [1.807, 2.05) is 0 Å². The Hall–Kier alpha value is -2.09. The summed E-state index contributed by atoms with van der Waals surface area (Å²) in [6.07, 6.45) is 1.40. The van der Waals surface area contributed by atoms with E-state index in [2.05, 4.69) is 15.2 Å². The number of thioether (sulfide) groups is 1. The van der Waals surface area contributed by atoms with Gasteiger partial charge in [0.15, 0.2) is 5.16 Å². The summed E-state index contributed by atoms with van der Waals surface area (Å²) >= 11 is 1.38. The van der Waals surface area contributed by atoms with Crippen LogP contribution in [0.4, 0.5) is 11.4 Å². The highest BCUT2D eigenvalue weighted by Gasteiger charge is 2.09. The number of nitro groups is 1. The van der Waals surface area contributed by atoms with Crippen LogP contribution >= 0.6 is 11.8 Å². The smallest absolute Gasteiger partial charge is 0.269 e. The Morgan fingerprint density at radius 3 is 3.00 bits per heavy atom. The van der Waals surface area contributed by atoms with Crippen LogP contribution in [0, 0.1) is 10.1 Å². The van der Waals surface area contributed by atoms with Crippen LogP contribution in [0.5, 0.6) is 0 Å². The van der Waals surface area contributed by atoms with Crippen LogP contribution in [0.15, 0.2) is 29.7 Å². The van der Waals surface area contributed by atoms with Gasteiger partial charge < -0.3 is 5.73 Å². The van der Waals surface area contributed by atoms with Crippen molar-refractivity contribution < 1.29 is 4.92 Å². The van der Waals surface area contributed by atoms with E-state index in [0.717, 1.165) is 0 Å². The van der Waals surface area contributed by atoms with Crippen molar-refractivity contribution in [2.45, 2.75) is 10.9 Å². The van der Waals surface area contributed by atoms with E-state index in [1.165, 1.54) is 36.3 Å². The first-order valence-corrected chi connectivity index (χ1v) is 5.66. The van der Waals surface area contributed by atoms with E-state index in [-0.39, 0.29) is 5.69 Å². The van der Waals surface area contributed by atoms with Crippen LogP contribution < -0.4 is 5.73 Å². The van der Waals surface area contributed by atoms with Gasteiger partial charge in [0.2, 0.25) is 0 Å². The lowest BCUT2D eigenvalue weighted by molar-refractivity contribution is -0.384. The molecule has 0 unspecified atom stereocenters. The molecule has 0 aliphatic heterocycles. The maximum absolute atomic E-state index is 10.6. The number of benzene rings is 1. The topological polar surface area (TPSA) is 111 Å². The number of nitrogens with zero attached hydrogens (tertiary/aromatic N) is 3. The molecule has 0 spiro atoms. The lowest BCUT2D eigenvalue weighted by Crippen LogP contribution is -1.96. The van der Waals surface area contributed by atoms with Crippen LogP contribution in [0.2, 0.25) is 0 Å². The van der Waals surface area contributed by atoms with E-state index in [0.29, 0.717) is 22.2 Å². The first-order chi connectivity index (χ1) is 8.16. The number of nitrogens with two attached hydrogens (primary N) is 1. The van der Waals surface area contributed by atoms with Crippen molar-refractivity contribution in [1.29, 1.82) is 0 Å². The van der Waals surface area contributed by atoms with Gasteiger partial charge in [-0.2, -0.15) is 5.10 Å². The number of aromatic nitrogens is 3. The third-order valence-corrected chi connectivity index (χ3v) is 3.02. The Morgan fingerprint density at radius 2 is 2.35 bits per heavy atom. The number of nitro benzene ring substituents is 1. The Kier molecular flexibility index (Phi) is 3.24. The van der Waals surface area contributed by atoms with Crippen LogP contribution in [0.1, 0.15) is 5.56 Å². The molecule has 2 rings (SSSR count). The average Bonchev–Trinajstić information content (AvgIpc) is 2.80. The number of H-pyrrole nitrogens is 1. The van der Waals surface area contributed by atoms with Crippen molar-refractivity contribution in [3.05, 3.63) is 40.2 Å². The lowest BCUT2D eigenvalue weighted by atomic mass is 10.2. The summed E-state index contributed by atoms with van der Waals surface area (Å²) in [6.45, 7) is 0. The molecule has 0 bridgehead atoms. The molecule has 0 fully saturated rings. The molecular formula is C9H9N5O2S. The molecule has 3 N–H and O–H groups in total. The molecule has 1 heterocycles. The minimum absolute atomic E-state index is 0.0346. The summed E-state index contributed by atoms with van der Waals surface area (Å²) in [6, 6.07) is 4.39. The van der Waals surface area contributed by atoms with Crippen molar-refractivity contribution in [3.8, 4) is 0 Å². The SMILES string of the molecule is Nc1ccc([N+](=O)[O-])cc1CSc1ncn[nH]1. The number of non-ortho nitro benzene ring substituents is 1. The first-order valence-electron chi connectivity index (χ1n) is 4.68. The standard InChI is InChI=1S/C9H9N5O2S/c10-8-2-1-7(14(15)16)3-6(8)4-17-9-11-5-12-13-9/h1-3,5H,4,10H2,(H,11,12,13). The fourth-order valence-corrected chi connectivity index (χ4v) is 2.02. The Labute approximate surface area is 101 Å². The van der Waals surface area contributed by atoms with Gasteiger partial charge in [0.05, 0.1) is 4.92 Å². The molecule has 17 heavy (non-hydrogen) atoms. The van der Waals surface area contributed by atoms with Crippen molar-refractivity contribution in [1.82, 2.24) is 15.2 Å². The molecule has 7 nitrogen and oxygen atoms in total. The zero-order valence-corrected chi connectivity index (χ0v) is 9.48. The minimum atomic E-state index is -0.442. The van der Waals surface area contributed by atoms with Gasteiger partial charge in [-0.25, -0.2) is 4.98 Å². The second-order valence-corrected chi connectivity index (χ2v) is 4.18. The van der Waals surface area contributed by atoms with E-state index in [4.69, 9.17) is 5.73 Å². The molecule has 0 aliphatic carbocycles. The summed E-state index contributed by atoms with van der Waals surface area (Å²) in [4.78, 5) is 14.1. The number of aromatic amines is 1. The second-order valence-electron chi connectivity index (χ2n) is 3.22. The van der Waals surface area contributed by atoms with Crippen LogP contribution in [-0.4, -0.2) is 20.1 Å². The number of anilines is 1. The molecule has 0 saturated heterocycles. The highest BCUT2D eigenvalue weighted by Crippen LogP contribution is 2.25. The molecule has 1 aromatic heterocycles. The van der Waals surface area contributed by atoms with Gasteiger partial charge in [0.25, 0.3) is 5.69 Å². The average molecular weight is 251 g/mol. The fourth-order valence-electron chi connectivity index (χ4n) is 1.24. The molecule has 0 atom stereocenters. The maximum atomic E-state index is 10.6. The number of nitrogens with one attached hydrogen (secondary N) is 1. The summed E-state index contributed by atoms with van der Waals surface area (Å²) in [7, 11) is 0. The van der Waals surface area contributed by atoms with E-state index >= 15 is 0 Å². The van der Waals surface area contributed by atoms with Gasteiger partial charge in [-0.05, 0) is 11.6 Å². The van der Waals surface area contributed by atoms with E-state index in [9.17, 15) is 10.1 Å². The summed E-state index contributed by atoms with van der Waals surface area (Å²) < 4.78 is 0. The predicted octanol–water partition coefficient (Wildman–Crippen LogP) is 1.59.